The molecule has 6 heteroatoms. The van der Waals surface area contributed by atoms with Crippen molar-refractivity contribution in [2.24, 2.45) is 0 Å². The number of carbonyl (C=O) groups is 2. The molecule has 4 rings (SSSR count). The van der Waals surface area contributed by atoms with E-state index in [-0.39, 0.29) is 18.4 Å². The van der Waals surface area contributed by atoms with Crippen molar-refractivity contribution in [1.29, 1.82) is 0 Å². The first-order valence-corrected chi connectivity index (χ1v) is 9.40. The predicted molar refractivity (Wildman–Crippen MR) is 105 cm³/mol. The van der Waals surface area contributed by atoms with Gasteiger partial charge in [-0.05, 0) is 23.8 Å². The number of hydrogen-bond donors (Lipinski definition) is 0. The molecule has 0 spiro atoms. The van der Waals surface area contributed by atoms with E-state index >= 15 is 0 Å². The fourth-order valence-corrected chi connectivity index (χ4v) is 3.33. The normalized spacial score (nSPS) is 18.9. The summed E-state index contributed by atoms with van der Waals surface area (Å²) in [5.41, 5.74) is 0.986. The van der Waals surface area contributed by atoms with Crippen LogP contribution >= 0.6 is 0 Å². The summed E-state index contributed by atoms with van der Waals surface area (Å²) in [6.07, 6.45) is 2.75. The van der Waals surface area contributed by atoms with Gasteiger partial charge in [0.25, 0.3) is 5.91 Å². The molecule has 0 unspecified atom stereocenters. The SMILES string of the molecule is O=C(/C=C/c1ccccc1)N1CCN(C(=O)[C@@H]2COc3ccccc3O2)CC1. The first kappa shape index (κ1) is 18.1. The fourth-order valence-electron chi connectivity index (χ4n) is 3.33. The molecule has 2 aromatic rings. The van der Waals surface area contributed by atoms with Gasteiger partial charge < -0.3 is 19.3 Å². The maximum Gasteiger partial charge on any atom is 0.267 e. The molecule has 144 valence electrons. The largest absolute Gasteiger partial charge is 0.485 e. The van der Waals surface area contributed by atoms with Crippen LogP contribution in [0.4, 0.5) is 0 Å². The minimum Gasteiger partial charge on any atom is -0.485 e. The maximum absolute atomic E-state index is 12.8. The van der Waals surface area contributed by atoms with Crippen molar-refractivity contribution in [2.75, 3.05) is 32.8 Å². The Labute approximate surface area is 164 Å². The number of para-hydroxylation sites is 2. The third kappa shape index (κ3) is 4.01. The quantitative estimate of drug-likeness (QED) is 0.769. The van der Waals surface area contributed by atoms with Gasteiger partial charge in [-0.2, -0.15) is 0 Å². The van der Waals surface area contributed by atoms with Crippen molar-refractivity contribution in [3.8, 4) is 11.5 Å². The maximum atomic E-state index is 12.8. The van der Waals surface area contributed by atoms with E-state index < -0.39 is 6.10 Å². The lowest BCUT2D eigenvalue weighted by Gasteiger charge is -2.36. The predicted octanol–water partition coefficient (Wildman–Crippen LogP) is 2.21. The molecular formula is C22H22N2O4. The highest BCUT2D eigenvalue weighted by Crippen LogP contribution is 2.31. The molecule has 2 aliphatic heterocycles. The first-order chi connectivity index (χ1) is 13.7. The summed E-state index contributed by atoms with van der Waals surface area (Å²) in [5.74, 6) is 1.11. The molecule has 0 saturated carbocycles. The number of rotatable bonds is 3. The highest BCUT2D eigenvalue weighted by molar-refractivity contribution is 5.92. The lowest BCUT2D eigenvalue weighted by Crippen LogP contribution is -2.54. The fraction of sp³-hybridized carbons (Fsp3) is 0.273. The summed E-state index contributed by atoms with van der Waals surface area (Å²) in [6.45, 7) is 2.20. The average molecular weight is 378 g/mol. The molecule has 1 fully saturated rings. The number of nitrogens with zero attached hydrogens (tertiary/aromatic N) is 2. The number of benzene rings is 2. The van der Waals surface area contributed by atoms with Gasteiger partial charge in [0.15, 0.2) is 11.5 Å². The molecule has 0 bridgehead atoms. The van der Waals surface area contributed by atoms with Gasteiger partial charge in [-0.1, -0.05) is 42.5 Å². The summed E-state index contributed by atoms with van der Waals surface area (Å²) in [7, 11) is 0. The Morgan fingerprint density at radius 3 is 2.25 bits per heavy atom. The van der Waals surface area contributed by atoms with Crippen molar-refractivity contribution < 1.29 is 19.1 Å². The third-order valence-corrected chi connectivity index (χ3v) is 4.90. The highest BCUT2D eigenvalue weighted by atomic mass is 16.6. The zero-order chi connectivity index (χ0) is 19.3. The Morgan fingerprint density at radius 2 is 1.50 bits per heavy atom. The summed E-state index contributed by atoms with van der Waals surface area (Å²) in [5, 5.41) is 0. The molecule has 1 atom stereocenters. The van der Waals surface area contributed by atoms with Crippen LogP contribution in [0.5, 0.6) is 11.5 Å². The minimum atomic E-state index is -0.643. The molecule has 2 aliphatic rings. The summed E-state index contributed by atoms with van der Waals surface area (Å²) in [6, 6.07) is 17.0. The number of ether oxygens (including phenoxy) is 2. The van der Waals surface area contributed by atoms with Gasteiger partial charge in [0.2, 0.25) is 12.0 Å². The van der Waals surface area contributed by atoms with Crippen molar-refractivity contribution in [3.05, 3.63) is 66.2 Å². The number of hydrogen-bond acceptors (Lipinski definition) is 4. The monoisotopic (exact) mass is 378 g/mol. The van der Waals surface area contributed by atoms with Crippen molar-refractivity contribution in [2.45, 2.75) is 6.10 Å². The van der Waals surface area contributed by atoms with Gasteiger partial charge in [-0.3, -0.25) is 9.59 Å². The van der Waals surface area contributed by atoms with Crippen LogP contribution in [-0.2, 0) is 9.59 Å². The summed E-state index contributed by atoms with van der Waals surface area (Å²) < 4.78 is 11.4. The second kappa shape index (κ2) is 8.17. The number of amides is 2. The van der Waals surface area contributed by atoms with Gasteiger partial charge in [0.05, 0.1) is 0 Å². The van der Waals surface area contributed by atoms with Gasteiger partial charge in [0, 0.05) is 32.3 Å². The molecule has 2 aromatic carbocycles. The molecular weight excluding hydrogens is 356 g/mol. The van der Waals surface area contributed by atoms with Crippen molar-refractivity contribution in [3.63, 3.8) is 0 Å². The molecule has 2 heterocycles. The molecule has 1 saturated heterocycles. The van der Waals surface area contributed by atoms with E-state index in [1.54, 1.807) is 21.9 Å². The second-order valence-corrected chi connectivity index (χ2v) is 6.76. The van der Waals surface area contributed by atoms with E-state index in [0.29, 0.717) is 37.7 Å². The van der Waals surface area contributed by atoms with E-state index in [2.05, 4.69) is 0 Å². The van der Waals surface area contributed by atoms with E-state index in [9.17, 15) is 9.59 Å². The van der Waals surface area contributed by atoms with Crippen LogP contribution in [0.1, 0.15) is 5.56 Å². The van der Waals surface area contributed by atoms with Crippen LogP contribution in [0.2, 0.25) is 0 Å². The standard InChI is InChI=1S/C22H22N2O4/c25-21(11-10-17-6-2-1-3-7-17)23-12-14-24(15-13-23)22(26)20-16-27-18-8-4-5-9-19(18)28-20/h1-11,20H,12-16H2/b11-10+/t20-/m0/s1. The Hall–Kier alpha value is -3.28. The molecule has 28 heavy (non-hydrogen) atoms. The molecule has 0 N–H and O–H groups in total. The Bertz CT molecular complexity index is 873. The summed E-state index contributed by atoms with van der Waals surface area (Å²) in [4.78, 5) is 28.6. The zero-order valence-electron chi connectivity index (χ0n) is 15.5. The van der Waals surface area contributed by atoms with Crippen LogP contribution < -0.4 is 9.47 Å². The van der Waals surface area contributed by atoms with Crippen molar-refractivity contribution in [1.82, 2.24) is 9.80 Å². The van der Waals surface area contributed by atoms with Crippen LogP contribution in [0.15, 0.2) is 60.7 Å². The molecule has 0 aliphatic carbocycles. The van der Waals surface area contributed by atoms with E-state index in [1.807, 2.05) is 54.6 Å². The first-order valence-electron chi connectivity index (χ1n) is 9.40. The Morgan fingerprint density at radius 1 is 0.857 bits per heavy atom. The lowest BCUT2D eigenvalue weighted by molar-refractivity contribution is -0.145. The molecule has 2 amide bonds. The minimum absolute atomic E-state index is 0.0397. The molecule has 0 radical (unpaired) electrons. The van der Waals surface area contributed by atoms with Crippen LogP contribution in [0, 0.1) is 0 Å². The van der Waals surface area contributed by atoms with Gasteiger partial charge >= 0.3 is 0 Å². The number of piperazine rings is 1. The topological polar surface area (TPSA) is 59.1 Å². The van der Waals surface area contributed by atoms with Crippen LogP contribution in [-0.4, -0.2) is 60.5 Å². The average Bonchev–Trinajstić information content (AvgIpc) is 2.77. The highest BCUT2D eigenvalue weighted by Gasteiger charge is 2.33. The van der Waals surface area contributed by atoms with Crippen LogP contribution in [0.25, 0.3) is 6.08 Å². The van der Waals surface area contributed by atoms with E-state index in [1.165, 1.54) is 0 Å². The second-order valence-electron chi connectivity index (χ2n) is 6.76. The van der Waals surface area contributed by atoms with E-state index in [0.717, 1.165) is 5.56 Å². The third-order valence-electron chi connectivity index (χ3n) is 4.90. The molecule has 6 nitrogen and oxygen atoms in total. The summed E-state index contributed by atoms with van der Waals surface area (Å²) >= 11 is 0. The Kier molecular flexibility index (Phi) is 5.28. The number of carbonyl (C=O) groups excluding carboxylic acids is 2. The number of fused-ring (bicyclic) bond motifs is 1. The van der Waals surface area contributed by atoms with Crippen molar-refractivity contribution >= 4 is 17.9 Å². The Balaban J connectivity index is 1.30. The van der Waals surface area contributed by atoms with E-state index in [4.69, 9.17) is 9.47 Å². The van der Waals surface area contributed by atoms with Gasteiger partial charge in [-0.25, -0.2) is 0 Å². The van der Waals surface area contributed by atoms with Gasteiger partial charge in [0.1, 0.15) is 6.61 Å². The van der Waals surface area contributed by atoms with Crippen LogP contribution in [0.3, 0.4) is 0 Å². The smallest absolute Gasteiger partial charge is 0.267 e. The van der Waals surface area contributed by atoms with Gasteiger partial charge in [-0.15, -0.1) is 0 Å². The lowest BCUT2D eigenvalue weighted by atomic mass is 10.2. The zero-order valence-corrected chi connectivity index (χ0v) is 15.5. The molecule has 0 aromatic heterocycles.